The van der Waals surface area contributed by atoms with Crippen LogP contribution in [0.5, 0.6) is 0 Å². The molecule has 2 rings (SSSR count). The largest absolute Gasteiger partial charge is 0.326 e. The molecule has 2 N–H and O–H groups in total. The van der Waals surface area contributed by atoms with E-state index in [-0.39, 0.29) is 10.8 Å². The van der Waals surface area contributed by atoms with Crippen molar-refractivity contribution in [2.75, 3.05) is 10.0 Å². The molecule has 0 atom stereocenters. The molecule has 2 aromatic rings. The molecule has 25 heavy (non-hydrogen) atoms. The number of nitrogens with one attached hydrogen (secondary N) is 2. The minimum Gasteiger partial charge on any atom is -0.326 e. The van der Waals surface area contributed by atoms with Gasteiger partial charge in [0.2, 0.25) is 5.91 Å². The summed E-state index contributed by atoms with van der Waals surface area (Å²) in [5.74, 6) is -0.175. The first-order valence-corrected chi connectivity index (χ1v) is 9.49. The zero-order valence-corrected chi connectivity index (χ0v) is 16.0. The molecule has 0 heterocycles. The molecule has 2 aromatic carbocycles. The van der Waals surface area contributed by atoms with Gasteiger partial charge in [0.15, 0.2) is 0 Å². The van der Waals surface area contributed by atoms with Gasteiger partial charge in [-0.1, -0.05) is 39.0 Å². The third kappa shape index (κ3) is 4.82. The van der Waals surface area contributed by atoms with Crippen LogP contribution in [0.15, 0.2) is 47.4 Å². The smallest absolute Gasteiger partial charge is 0.262 e. The molecule has 6 heteroatoms. The number of sulfonamides is 1. The molecule has 1 amide bonds. The Hall–Kier alpha value is -2.34. The van der Waals surface area contributed by atoms with Crippen molar-refractivity contribution in [3.05, 3.63) is 53.6 Å². The summed E-state index contributed by atoms with van der Waals surface area (Å²) in [6.07, 6.45) is 0. The Morgan fingerprint density at radius 3 is 2.24 bits per heavy atom. The third-order valence-corrected chi connectivity index (χ3v) is 5.21. The molecule has 0 radical (unpaired) electrons. The number of rotatable bonds is 4. The number of anilines is 2. The lowest BCUT2D eigenvalue weighted by Crippen LogP contribution is -2.27. The van der Waals surface area contributed by atoms with E-state index in [0.717, 1.165) is 5.56 Å². The quantitative estimate of drug-likeness (QED) is 0.862. The summed E-state index contributed by atoms with van der Waals surface area (Å²) in [6.45, 7) is 9.01. The lowest BCUT2D eigenvalue weighted by Gasteiger charge is -2.18. The van der Waals surface area contributed by atoms with Crippen LogP contribution >= 0.6 is 0 Å². The summed E-state index contributed by atoms with van der Waals surface area (Å²) in [7, 11) is -3.76. The first kappa shape index (κ1) is 19.0. The molecule has 5 nitrogen and oxygen atoms in total. The molecule has 0 spiro atoms. The highest BCUT2D eigenvalue weighted by Crippen LogP contribution is 2.25. The third-order valence-electron chi connectivity index (χ3n) is 3.69. The normalized spacial score (nSPS) is 11.9. The Bertz CT molecular complexity index is 897. The maximum absolute atomic E-state index is 12.7. The number of carbonyl (C=O) groups is 1. The number of hydrogen-bond donors (Lipinski definition) is 2. The van der Waals surface area contributed by atoms with Gasteiger partial charge in [-0.05, 0) is 49.2 Å². The molecule has 0 saturated heterocycles. The first-order chi connectivity index (χ1) is 11.5. The van der Waals surface area contributed by atoms with Crippen LogP contribution in [0.1, 0.15) is 31.9 Å². The Morgan fingerprint density at radius 1 is 0.960 bits per heavy atom. The van der Waals surface area contributed by atoms with Crippen molar-refractivity contribution < 1.29 is 13.2 Å². The summed E-state index contributed by atoms with van der Waals surface area (Å²) >= 11 is 0. The lowest BCUT2D eigenvalue weighted by molar-refractivity contribution is -0.123. The van der Waals surface area contributed by atoms with Crippen molar-refractivity contribution >= 4 is 27.3 Å². The van der Waals surface area contributed by atoms with E-state index in [1.807, 2.05) is 13.0 Å². The second kappa shape index (κ2) is 6.88. The highest BCUT2D eigenvalue weighted by Gasteiger charge is 2.23. The molecule has 0 aromatic heterocycles. The van der Waals surface area contributed by atoms with E-state index in [0.29, 0.717) is 16.9 Å². The number of amides is 1. The predicted molar refractivity (Wildman–Crippen MR) is 101 cm³/mol. The Balaban J connectivity index is 2.34. The molecule has 0 fully saturated rings. The van der Waals surface area contributed by atoms with Gasteiger partial charge in [-0.2, -0.15) is 0 Å². The summed E-state index contributed by atoms with van der Waals surface area (Å²) in [5, 5.41) is 2.76. The van der Waals surface area contributed by atoms with Crippen molar-refractivity contribution in [3.63, 3.8) is 0 Å². The minimum absolute atomic E-state index is 0.140. The van der Waals surface area contributed by atoms with E-state index in [1.165, 1.54) is 6.07 Å². The summed E-state index contributed by atoms with van der Waals surface area (Å²) in [6, 6.07) is 12.0. The SMILES string of the molecule is Cc1cccc(NS(=O)(=O)c2cc(NC(=O)C(C)(C)C)ccc2C)c1. The van der Waals surface area contributed by atoms with E-state index in [2.05, 4.69) is 10.0 Å². The van der Waals surface area contributed by atoms with Gasteiger partial charge in [0, 0.05) is 16.8 Å². The molecule has 0 aliphatic carbocycles. The average Bonchev–Trinajstić information content (AvgIpc) is 2.47. The van der Waals surface area contributed by atoms with Gasteiger partial charge in [-0.15, -0.1) is 0 Å². The Labute approximate surface area is 149 Å². The first-order valence-electron chi connectivity index (χ1n) is 8.01. The molecular weight excluding hydrogens is 336 g/mol. The Morgan fingerprint density at radius 2 is 1.64 bits per heavy atom. The van der Waals surface area contributed by atoms with Gasteiger partial charge in [-0.25, -0.2) is 8.42 Å². The summed E-state index contributed by atoms with van der Waals surface area (Å²) in [5.41, 5.74) is 1.96. The van der Waals surface area contributed by atoms with Crippen LogP contribution in [-0.2, 0) is 14.8 Å². The molecule has 0 saturated carbocycles. The van der Waals surface area contributed by atoms with Gasteiger partial charge in [-0.3, -0.25) is 9.52 Å². The fraction of sp³-hybridized carbons (Fsp3) is 0.316. The van der Waals surface area contributed by atoms with Crippen molar-refractivity contribution in [1.29, 1.82) is 0 Å². The van der Waals surface area contributed by atoms with Gasteiger partial charge in [0.05, 0.1) is 4.90 Å². The van der Waals surface area contributed by atoms with E-state index >= 15 is 0 Å². The van der Waals surface area contributed by atoms with Gasteiger partial charge in [0.1, 0.15) is 0 Å². The fourth-order valence-electron chi connectivity index (χ4n) is 2.20. The zero-order valence-electron chi connectivity index (χ0n) is 15.2. The van der Waals surface area contributed by atoms with E-state index in [9.17, 15) is 13.2 Å². The van der Waals surface area contributed by atoms with Crippen LogP contribution in [0.4, 0.5) is 11.4 Å². The number of benzene rings is 2. The molecule has 0 aliphatic heterocycles. The topological polar surface area (TPSA) is 75.3 Å². The highest BCUT2D eigenvalue weighted by atomic mass is 32.2. The van der Waals surface area contributed by atoms with Crippen molar-refractivity contribution in [1.82, 2.24) is 0 Å². The molecule has 0 aliphatic rings. The summed E-state index contributed by atoms with van der Waals surface area (Å²) < 4.78 is 28.1. The van der Waals surface area contributed by atoms with Crippen LogP contribution in [0.2, 0.25) is 0 Å². The lowest BCUT2D eigenvalue weighted by atomic mass is 9.95. The van der Waals surface area contributed by atoms with Crippen LogP contribution in [0.25, 0.3) is 0 Å². The van der Waals surface area contributed by atoms with Crippen molar-refractivity contribution in [2.24, 2.45) is 5.41 Å². The number of carbonyl (C=O) groups excluding carboxylic acids is 1. The van der Waals surface area contributed by atoms with Crippen LogP contribution in [0.3, 0.4) is 0 Å². The van der Waals surface area contributed by atoms with E-state index < -0.39 is 15.4 Å². The van der Waals surface area contributed by atoms with Crippen molar-refractivity contribution in [3.8, 4) is 0 Å². The van der Waals surface area contributed by atoms with Gasteiger partial charge < -0.3 is 5.32 Å². The maximum Gasteiger partial charge on any atom is 0.262 e. The summed E-state index contributed by atoms with van der Waals surface area (Å²) in [4.78, 5) is 12.3. The number of hydrogen-bond acceptors (Lipinski definition) is 3. The standard InChI is InChI=1S/C19H24N2O3S/c1-13-7-6-8-16(11-13)21-25(23,24)17-12-15(10-9-14(17)2)20-18(22)19(3,4)5/h6-12,21H,1-5H3,(H,20,22). The second-order valence-electron chi connectivity index (χ2n) is 7.16. The molecular formula is C19H24N2O3S. The zero-order chi connectivity index (χ0) is 18.8. The minimum atomic E-state index is -3.76. The molecule has 134 valence electrons. The molecule has 0 unspecified atom stereocenters. The van der Waals surface area contributed by atoms with Gasteiger partial charge >= 0.3 is 0 Å². The van der Waals surface area contributed by atoms with E-state index in [1.54, 1.807) is 58.0 Å². The number of aryl methyl sites for hydroxylation is 2. The average molecular weight is 360 g/mol. The molecule has 0 bridgehead atoms. The van der Waals surface area contributed by atoms with Crippen LogP contribution in [0, 0.1) is 19.3 Å². The highest BCUT2D eigenvalue weighted by molar-refractivity contribution is 7.92. The fourth-order valence-corrected chi connectivity index (χ4v) is 3.53. The van der Waals surface area contributed by atoms with Crippen LogP contribution in [-0.4, -0.2) is 14.3 Å². The van der Waals surface area contributed by atoms with Crippen LogP contribution < -0.4 is 10.0 Å². The maximum atomic E-state index is 12.7. The predicted octanol–water partition coefficient (Wildman–Crippen LogP) is 4.09. The second-order valence-corrected chi connectivity index (χ2v) is 8.81. The Kier molecular flexibility index (Phi) is 5.23. The monoisotopic (exact) mass is 360 g/mol. The van der Waals surface area contributed by atoms with E-state index in [4.69, 9.17) is 0 Å². The van der Waals surface area contributed by atoms with Crippen molar-refractivity contribution in [2.45, 2.75) is 39.5 Å². The van der Waals surface area contributed by atoms with Gasteiger partial charge in [0.25, 0.3) is 10.0 Å².